The summed E-state index contributed by atoms with van der Waals surface area (Å²) >= 11 is 0. The lowest BCUT2D eigenvalue weighted by atomic mass is 9.96. The summed E-state index contributed by atoms with van der Waals surface area (Å²) in [4.78, 5) is 12.2. The third-order valence-corrected chi connectivity index (χ3v) is 3.51. The minimum atomic E-state index is -0.0888. The van der Waals surface area contributed by atoms with Crippen molar-refractivity contribution in [2.45, 2.75) is 6.54 Å². The molecular weight excluding hydrogens is 254 g/mol. The molecular formula is C16H17NO3. The Hall–Kier alpha value is -2.49. The van der Waals surface area contributed by atoms with Crippen LogP contribution in [0.3, 0.4) is 0 Å². The lowest BCUT2D eigenvalue weighted by Crippen LogP contribution is -2.21. The van der Waals surface area contributed by atoms with E-state index in [1.54, 1.807) is 20.3 Å². The average molecular weight is 271 g/mol. The van der Waals surface area contributed by atoms with Crippen molar-refractivity contribution in [3.05, 3.63) is 47.5 Å². The molecule has 0 aliphatic carbocycles. The number of amides is 1. The molecule has 0 unspecified atom stereocenters. The molecule has 0 spiro atoms. The maximum atomic E-state index is 12.2. The number of carbonyl (C=O) groups excluding carboxylic acids is 1. The van der Waals surface area contributed by atoms with E-state index in [0.29, 0.717) is 17.9 Å². The van der Waals surface area contributed by atoms with Crippen LogP contribution in [0, 0.1) is 0 Å². The molecule has 2 aromatic carbocycles. The highest BCUT2D eigenvalue weighted by molar-refractivity contribution is 6.02. The van der Waals surface area contributed by atoms with Crippen molar-refractivity contribution in [3.8, 4) is 22.6 Å². The second-order valence-electron chi connectivity index (χ2n) is 4.62. The van der Waals surface area contributed by atoms with Crippen molar-refractivity contribution in [1.29, 1.82) is 0 Å². The van der Waals surface area contributed by atoms with Gasteiger partial charge >= 0.3 is 0 Å². The van der Waals surface area contributed by atoms with Gasteiger partial charge in [-0.25, -0.2) is 0 Å². The Morgan fingerprint density at radius 3 is 2.30 bits per heavy atom. The third-order valence-electron chi connectivity index (χ3n) is 3.51. The molecule has 20 heavy (non-hydrogen) atoms. The lowest BCUT2D eigenvalue weighted by Gasteiger charge is -2.10. The average Bonchev–Trinajstić information content (AvgIpc) is 2.64. The fraction of sp³-hybridized carbons (Fsp3) is 0.188. The van der Waals surface area contributed by atoms with E-state index in [4.69, 9.17) is 9.47 Å². The summed E-state index contributed by atoms with van der Waals surface area (Å²) in [7, 11) is 3.23. The van der Waals surface area contributed by atoms with Gasteiger partial charge in [-0.3, -0.25) is 4.79 Å². The molecule has 0 bridgehead atoms. The molecule has 4 heteroatoms. The molecule has 3 rings (SSSR count). The number of methoxy groups -OCH3 is 2. The van der Waals surface area contributed by atoms with Gasteiger partial charge in [0.1, 0.15) is 11.5 Å². The fourth-order valence-electron chi connectivity index (χ4n) is 2.45. The summed E-state index contributed by atoms with van der Waals surface area (Å²) in [5.41, 5.74) is 3.63. The van der Waals surface area contributed by atoms with Crippen molar-refractivity contribution in [2.24, 2.45) is 0 Å². The zero-order chi connectivity index (χ0) is 14.1. The Labute approximate surface area is 118 Å². The van der Waals surface area contributed by atoms with Gasteiger partial charge in [-0.15, -0.1) is 0 Å². The summed E-state index contributed by atoms with van der Waals surface area (Å²) in [5, 5.41) is 2.91. The predicted molar refractivity (Wildman–Crippen MR) is 78.3 cm³/mol. The van der Waals surface area contributed by atoms with Crippen LogP contribution < -0.4 is 14.8 Å². The highest BCUT2D eigenvalue weighted by Crippen LogP contribution is 2.33. The molecule has 104 valence electrons. The Morgan fingerprint density at radius 2 is 1.60 bits per heavy atom. The van der Waals surface area contributed by atoms with Gasteiger partial charge in [0.05, 0.1) is 19.8 Å². The molecule has 2 aromatic rings. The number of fused-ring (bicyclic) bond motifs is 3. The predicted octanol–water partition coefficient (Wildman–Crippen LogP) is 2.86. The minimum absolute atomic E-state index is 0. The van der Waals surface area contributed by atoms with Crippen molar-refractivity contribution in [3.63, 3.8) is 0 Å². The second kappa shape index (κ2) is 4.89. The first kappa shape index (κ1) is 12.5. The number of carbonyl (C=O) groups is 1. The molecule has 0 fully saturated rings. The van der Waals surface area contributed by atoms with E-state index in [0.717, 1.165) is 22.4 Å². The maximum Gasteiger partial charge on any atom is 0.252 e. The van der Waals surface area contributed by atoms with E-state index in [2.05, 4.69) is 5.32 Å². The van der Waals surface area contributed by atoms with Crippen molar-refractivity contribution < 1.29 is 15.7 Å². The Bertz CT molecular complexity index is 685. The standard InChI is InChI=1S/C16H15NO3.H2/c1-19-11-3-5-13-10(7-11)9-17-16(18)15-8-12(20-2)4-6-14(13)15;/h3-8H,9H2,1-2H3,(H,17,18);1H. The molecule has 1 aliphatic heterocycles. The van der Waals surface area contributed by atoms with Crippen LogP contribution in [-0.2, 0) is 6.54 Å². The molecule has 0 saturated carbocycles. The van der Waals surface area contributed by atoms with Gasteiger partial charge in [0, 0.05) is 7.97 Å². The normalized spacial score (nSPS) is 12.8. The molecule has 1 amide bonds. The summed E-state index contributed by atoms with van der Waals surface area (Å²) in [6.07, 6.45) is 0. The number of hydrogen-bond donors (Lipinski definition) is 1. The monoisotopic (exact) mass is 271 g/mol. The lowest BCUT2D eigenvalue weighted by molar-refractivity contribution is 0.0952. The van der Waals surface area contributed by atoms with Crippen molar-refractivity contribution >= 4 is 5.91 Å². The quantitative estimate of drug-likeness (QED) is 0.913. The third kappa shape index (κ3) is 1.99. The van der Waals surface area contributed by atoms with E-state index < -0.39 is 0 Å². The smallest absolute Gasteiger partial charge is 0.252 e. The number of ether oxygens (including phenoxy) is 2. The van der Waals surface area contributed by atoms with Crippen molar-refractivity contribution in [2.75, 3.05) is 14.2 Å². The summed E-state index contributed by atoms with van der Waals surface area (Å²) in [6, 6.07) is 11.4. The number of hydrogen-bond acceptors (Lipinski definition) is 3. The van der Waals surface area contributed by atoms with Gasteiger partial charge in [0.25, 0.3) is 5.91 Å². The molecule has 1 heterocycles. The zero-order valence-electron chi connectivity index (χ0n) is 11.4. The summed E-state index contributed by atoms with van der Waals surface area (Å²) in [6.45, 7) is 0.488. The van der Waals surface area contributed by atoms with Gasteiger partial charge in [-0.05, 0) is 47.0 Å². The number of nitrogens with one attached hydrogen (secondary N) is 1. The number of benzene rings is 2. The second-order valence-corrected chi connectivity index (χ2v) is 4.62. The van der Waals surface area contributed by atoms with Crippen LogP contribution in [0.1, 0.15) is 17.3 Å². The summed E-state index contributed by atoms with van der Waals surface area (Å²) in [5.74, 6) is 1.37. The van der Waals surface area contributed by atoms with E-state index in [-0.39, 0.29) is 7.33 Å². The van der Waals surface area contributed by atoms with Crippen LogP contribution in [-0.4, -0.2) is 20.1 Å². The molecule has 0 saturated heterocycles. The summed E-state index contributed by atoms with van der Waals surface area (Å²) < 4.78 is 10.4. The Kier molecular flexibility index (Phi) is 3.06. The molecule has 1 N–H and O–H groups in total. The Balaban J connectivity index is 0.00000161. The van der Waals surface area contributed by atoms with Crippen molar-refractivity contribution in [1.82, 2.24) is 5.32 Å². The van der Waals surface area contributed by atoms with Gasteiger partial charge in [0.2, 0.25) is 0 Å². The first-order valence-electron chi connectivity index (χ1n) is 6.36. The van der Waals surface area contributed by atoms with Gasteiger partial charge in [-0.1, -0.05) is 6.07 Å². The fourth-order valence-corrected chi connectivity index (χ4v) is 2.45. The Morgan fingerprint density at radius 1 is 0.950 bits per heavy atom. The van der Waals surface area contributed by atoms with Gasteiger partial charge in [-0.2, -0.15) is 0 Å². The molecule has 4 nitrogen and oxygen atoms in total. The van der Waals surface area contributed by atoms with Crippen LogP contribution in [0.5, 0.6) is 11.5 Å². The van der Waals surface area contributed by atoms with Crippen LogP contribution in [0.4, 0.5) is 0 Å². The van der Waals surface area contributed by atoms with Crippen LogP contribution in [0.25, 0.3) is 11.1 Å². The highest BCUT2D eigenvalue weighted by Gasteiger charge is 2.20. The first-order valence-corrected chi connectivity index (χ1v) is 6.36. The van der Waals surface area contributed by atoms with Crippen LogP contribution >= 0.6 is 0 Å². The largest absolute Gasteiger partial charge is 0.497 e. The van der Waals surface area contributed by atoms with Gasteiger partial charge in [0.15, 0.2) is 0 Å². The van der Waals surface area contributed by atoms with E-state index >= 15 is 0 Å². The van der Waals surface area contributed by atoms with Crippen LogP contribution in [0.15, 0.2) is 36.4 Å². The van der Waals surface area contributed by atoms with Crippen LogP contribution in [0.2, 0.25) is 0 Å². The molecule has 0 radical (unpaired) electrons. The number of rotatable bonds is 2. The molecule has 0 atom stereocenters. The van der Waals surface area contributed by atoms with E-state index in [1.807, 2.05) is 30.3 Å². The minimum Gasteiger partial charge on any atom is -0.497 e. The topological polar surface area (TPSA) is 47.6 Å². The molecule has 0 aromatic heterocycles. The van der Waals surface area contributed by atoms with E-state index in [1.165, 1.54) is 0 Å². The van der Waals surface area contributed by atoms with E-state index in [9.17, 15) is 4.79 Å². The maximum absolute atomic E-state index is 12.2. The zero-order valence-corrected chi connectivity index (χ0v) is 11.4. The molecule has 1 aliphatic rings. The first-order chi connectivity index (χ1) is 9.72. The highest BCUT2D eigenvalue weighted by atomic mass is 16.5. The van der Waals surface area contributed by atoms with Gasteiger partial charge < -0.3 is 14.8 Å². The SMILES string of the molecule is COc1ccc2c(c1)CNC(=O)c1cc(OC)ccc1-2.[HH].